The van der Waals surface area contributed by atoms with E-state index in [2.05, 4.69) is 37.3 Å². The Morgan fingerprint density at radius 2 is 1.77 bits per heavy atom. The lowest BCUT2D eigenvalue weighted by atomic mass is 9.98. The van der Waals surface area contributed by atoms with E-state index in [1.54, 1.807) is 12.1 Å². The molecule has 4 N–H and O–H groups in total. The number of nitrogen functional groups attached to an aromatic ring is 1. The van der Waals surface area contributed by atoms with Gasteiger partial charge in [0.05, 0.1) is 10.6 Å². The van der Waals surface area contributed by atoms with E-state index in [1.807, 2.05) is 12.1 Å². The molecule has 2 heterocycles. The number of hydrogen-bond acceptors (Lipinski definition) is 6. The summed E-state index contributed by atoms with van der Waals surface area (Å²) in [5.41, 5.74) is 6.01. The molecule has 11 heteroatoms. The number of nitrogens with two attached hydrogens (primary N) is 1. The molecule has 0 atom stereocenters. The molecule has 0 aliphatic carbocycles. The summed E-state index contributed by atoms with van der Waals surface area (Å²) in [5, 5.41) is 8.83. The minimum absolute atomic E-state index is 0.0341. The number of likely N-dealkylation sites (N-methyl/N-ethyl adjacent to an activating group) is 1. The predicted octanol–water partition coefficient (Wildman–Crippen LogP) is 4.22. The van der Waals surface area contributed by atoms with Crippen LogP contribution in [0.4, 0.5) is 36.4 Å². The highest BCUT2D eigenvalue weighted by Gasteiger charge is 2.35. The Hall–Kier alpha value is -2.98. The molecule has 0 spiro atoms. The van der Waals surface area contributed by atoms with E-state index in [1.165, 1.54) is 6.07 Å². The van der Waals surface area contributed by atoms with Crippen LogP contribution in [0.3, 0.4) is 0 Å². The average molecular weight is 452 g/mol. The van der Waals surface area contributed by atoms with Gasteiger partial charge in [-0.05, 0) is 36.9 Å². The molecular formula is C20H21ClF3N7. The molecule has 0 bridgehead atoms. The van der Waals surface area contributed by atoms with Crippen molar-refractivity contribution in [1.82, 2.24) is 20.1 Å². The van der Waals surface area contributed by atoms with E-state index < -0.39 is 11.7 Å². The number of H-pyrrole nitrogens is 1. The van der Waals surface area contributed by atoms with Gasteiger partial charge in [-0.1, -0.05) is 23.7 Å². The molecule has 7 nitrogen and oxygen atoms in total. The molecule has 0 unspecified atom stereocenters. The van der Waals surface area contributed by atoms with Crippen LogP contribution in [-0.2, 0) is 6.18 Å². The second-order valence-corrected chi connectivity index (χ2v) is 7.79. The van der Waals surface area contributed by atoms with Crippen LogP contribution < -0.4 is 16.0 Å². The maximum absolute atomic E-state index is 13.9. The number of nitrogens with one attached hydrogen (secondary N) is 2. The quantitative estimate of drug-likeness (QED) is 0.550. The van der Waals surface area contributed by atoms with Gasteiger partial charge in [-0.15, -0.1) is 5.10 Å². The fourth-order valence-corrected chi connectivity index (χ4v) is 3.89. The first-order valence-electron chi connectivity index (χ1n) is 9.60. The summed E-state index contributed by atoms with van der Waals surface area (Å²) in [7, 11) is 2.07. The number of aromatic amines is 1. The SMILES string of the molecule is CN1CCN(c2ccc(-c3c(Cl)cc(Nc4n[nH]c(N)n4)cc3C(F)(F)F)cc2)CC1. The van der Waals surface area contributed by atoms with Gasteiger partial charge >= 0.3 is 6.18 Å². The van der Waals surface area contributed by atoms with Crippen molar-refractivity contribution in [3.63, 3.8) is 0 Å². The van der Waals surface area contributed by atoms with Crippen molar-refractivity contribution in [3.8, 4) is 11.1 Å². The second-order valence-electron chi connectivity index (χ2n) is 7.38. The van der Waals surface area contributed by atoms with Gasteiger partial charge in [0.1, 0.15) is 0 Å². The second kappa shape index (κ2) is 8.27. The molecular weight excluding hydrogens is 431 g/mol. The third-order valence-corrected chi connectivity index (χ3v) is 5.48. The van der Waals surface area contributed by atoms with Crippen LogP contribution in [-0.4, -0.2) is 53.3 Å². The molecule has 31 heavy (non-hydrogen) atoms. The van der Waals surface area contributed by atoms with Crippen molar-refractivity contribution in [2.75, 3.05) is 49.2 Å². The number of anilines is 4. The largest absolute Gasteiger partial charge is 0.417 e. The molecule has 1 fully saturated rings. The minimum Gasteiger partial charge on any atom is -0.369 e. The van der Waals surface area contributed by atoms with E-state index in [9.17, 15) is 13.2 Å². The molecule has 0 amide bonds. The maximum Gasteiger partial charge on any atom is 0.417 e. The normalized spacial score (nSPS) is 15.3. The number of nitrogens with zero attached hydrogens (tertiary/aromatic N) is 4. The summed E-state index contributed by atoms with van der Waals surface area (Å²) in [6.45, 7) is 3.63. The Bertz CT molecular complexity index is 1060. The van der Waals surface area contributed by atoms with Crippen LogP contribution >= 0.6 is 11.6 Å². The Morgan fingerprint density at radius 1 is 1.10 bits per heavy atom. The van der Waals surface area contributed by atoms with Crippen LogP contribution in [0, 0.1) is 0 Å². The van der Waals surface area contributed by atoms with Crippen molar-refractivity contribution in [3.05, 3.63) is 47.0 Å². The van der Waals surface area contributed by atoms with Crippen molar-refractivity contribution in [1.29, 1.82) is 0 Å². The van der Waals surface area contributed by atoms with Crippen molar-refractivity contribution >= 4 is 34.9 Å². The first kappa shape index (κ1) is 21.3. The Kier molecular flexibility index (Phi) is 5.67. The molecule has 2 aromatic carbocycles. The third kappa shape index (κ3) is 4.70. The van der Waals surface area contributed by atoms with Gasteiger partial charge in [-0.2, -0.15) is 18.2 Å². The Morgan fingerprint density at radius 3 is 2.35 bits per heavy atom. The Balaban J connectivity index is 1.67. The van der Waals surface area contributed by atoms with Crippen LogP contribution in [0.25, 0.3) is 11.1 Å². The van der Waals surface area contributed by atoms with E-state index in [0.717, 1.165) is 37.9 Å². The summed E-state index contributed by atoms with van der Waals surface area (Å²) in [6.07, 6.45) is -4.61. The van der Waals surface area contributed by atoms with Gasteiger partial charge in [0.25, 0.3) is 0 Å². The highest BCUT2D eigenvalue weighted by molar-refractivity contribution is 6.34. The zero-order chi connectivity index (χ0) is 22.2. The van der Waals surface area contributed by atoms with Gasteiger partial charge < -0.3 is 20.9 Å². The van der Waals surface area contributed by atoms with Crippen LogP contribution in [0.1, 0.15) is 5.56 Å². The van der Waals surface area contributed by atoms with Crippen LogP contribution in [0.15, 0.2) is 36.4 Å². The molecule has 1 aliphatic heterocycles. The minimum atomic E-state index is -4.61. The zero-order valence-electron chi connectivity index (χ0n) is 16.7. The van der Waals surface area contributed by atoms with Gasteiger partial charge in [0, 0.05) is 43.1 Å². The van der Waals surface area contributed by atoms with E-state index in [4.69, 9.17) is 17.3 Å². The molecule has 0 saturated carbocycles. The molecule has 1 aromatic heterocycles. The molecule has 4 rings (SSSR count). The molecule has 3 aromatic rings. The van der Waals surface area contributed by atoms with E-state index >= 15 is 0 Å². The van der Waals surface area contributed by atoms with E-state index in [0.29, 0.717) is 5.56 Å². The van der Waals surface area contributed by atoms with Gasteiger partial charge in [-0.3, -0.25) is 0 Å². The number of rotatable bonds is 4. The first-order valence-corrected chi connectivity index (χ1v) is 9.98. The standard InChI is InChI=1S/C20H21ClF3N7/c1-30-6-8-31(9-7-30)14-4-2-12(3-5-14)17-15(20(22,23)24)10-13(11-16(17)21)26-19-27-18(25)28-29-19/h2-5,10-11H,6-9H2,1H3,(H4,25,26,27,28,29). The smallest absolute Gasteiger partial charge is 0.369 e. The number of alkyl halides is 3. The predicted molar refractivity (Wildman–Crippen MR) is 116 cm³/mol. The maximum atomic E-state index is 13.9. The van der Waals surface area contributed by atoms with Gasteiger partial charge in [0.15, 0.2) is 0 Å². The zero-order valence-corrected chi connectivity index (χ0v) is 17.4. The lowest BCUT2D eigenvalue weighted by Crippen LogP contribution is -2.44. The summed E-state index contributed by atoms with van der Waals surface area (Å²) in [5.74, 6) is 0.0904. The highest BCUT2D eigenvalue weighted by Crippen LogP contribution is 2.43. The van der Waals surface area contributed by atoms with Crippen molar-refractivity contribution < 1.29 is 13.2 Å². The highest BCUT2D eigenvalue weighted by atomic mass is 35.5. The Labute approximate surface area is 182 Å². The van der Waals surface area contributed by atoms with Crippen LogP contribution in [0.5, 0.6) is 0 Å². The van der Waals surface area contributed by atoms with E-state index in [-0.39, 0.29) is 28.2 Å². The number of benzene rings is 2. The molecule has 1 saturated heterocycles. The fourth-order valence-electron chi connectivity index (χ4n) is 3.56. The lowest BCUT2D eigenvalue weighted by Gasteiger charge is -2.34. The number of aromatic nitrogens is 3. The third-order valence-electron chi connectivity index (χ3n) is 5.18. The number of piperazine rings is 1. The number of hydrogen-bond donors (Lipinski definition) is 3. The van der Waals surface area contributed by atoms with Crippen molar-refractivity contribution in [2.24, 2.45) is 0 Å². The topological polar surface area (TPSA) is 86.1 Å². The molecule has 0 radical (unpaired) electrons. The monoisotopic (exact) mass is 451 g/mol. The summed E-state index contributed by atoms with van der Waals surface area (Å²) in [4.78, 5) is 8.29. The summed E-state index contributed by atoms with van der Waals surface area (Å²) >= 11 is 6.32. The summed E-state index contributed by atoms with van der Waals surface area (Å²) < 4.78 is 41.7. The summed E-state index contributed by atoms with van der Waals surface area (Å²) in [6, 6.07) is 9.41. The molecule has 1 aliphatic rings. The fraction of sp³-hybridized carbons (Fsp3) is 0.300. The van der Waals surface area contributed by atoms with Crippen LogP contribution in [0.2, 0.25) is 5.02 Å². The van der Waals surface area contributed by atoms with Crippen molar-refractivity contribution in [2.45, 2.75) is 6.18 Å². The lowest BCUT2D eigenvalue weighted by molar-refractivity contribution is -0.137. The average Bonchev–Trinajstić information content (AvgIpc) is 3.12. The van der Waals surface area contributed by atoms with Gasteiger partial charge in [-0.25, -0.2) is 5.10 Å². The first-order chi connectivity index (χ1) is 14.7. The molecule has 164 valence electrons. The van der Waals surface area contributed by atoms with Gasteiger partial charge in [0.2, 0.25) is 11.9 Å². The number of halogens is 4.